The van der Waals surface area contributed by atoms with Crippen LogP contribution in [0.2, 0.25) is 0 Å². The van der Waals surface area contributed by atoms with Gasteiger partial charge in [-0.25, -0.2) is 4.39 Å². The second kappa shape index (κ2) is 14.2. The molecule has 0 aromatic heterocycles. The van der Waals surface area contributed by atoms with Crippen LogP contribution < -0.4 is 0 Å². The van der Waals surface area contributed by atoms with Crippen LogP contribution in [-0.4, -0.2) is 35.1 Å². The third kappa shape index (κ3) is 9.79. The maximum atomic E-state index is 14.3. The Bertz CT molecular complexity index is 715. The van der Waals surface area contributed by atoms with Crippen molar-refractivity contribution in [2.75, 3.05) is 6.61 Å². The van der Waals surface area contributed by atoms with Crippen molar-refractivity contribution in [3.8, 4) is 0 Å². The van der Waals surface area contributed by atoms with E-state index in [9.17, 15) is 14.3 Å². The van der Waals surface area contributed by atoms with E-state index >= 15 is 0 Å². The van der Waals surface area contributed by atoms with E-state index in [0.717, 1.165) is 30.6 Å². The van der Waals surface area contributed by atoms with Crippen LogP contribution in [-0.2, 0) is 22.6 Å². The lowest BCUT2D eigenvalue weighted by atomic mass is 9.90. The summed E-state index contributed by atoms with van der Waals surface area (Å²) in [4.78, 5) is 10.5. The highest BCUT2D eigenvalue weighted by Gasteiger charge is 2.33. The Kier molecular flexibility index (Phi) is 11.5. The van der Waals surface area contributed by atoms with Crippen LogP contribution in [0.25, 0.3) is 0 Å². The average molecular weight is 433 g/mol. The molecule has 3 unspecified atom stereocenters. The average Bonchev–Trinajstić information content (AvgIpc) is 3.09. The molecule has 0 heterocycles. The first-order chi connectivity index (χ1) is 15.0. The largest absolute Gasteiger partial charge is 0.481 e. The molecule has 1 aromatic rings. The molecule has 172 valence electrons. The highest BCUT2D eigenvalue weighted by Crippen LogP contribution is 2.38. The molecule has 4 nitrogen and oxygen atoms in total. The molecule has 0 bridgehead atoms. The number of halogens is 1. The maximum Gasteiger partial charge on any atom is 0.303 e. The Balaban J connectivity index is 1.81. The van der Waals surface area contributed by atoms with E-state index in [1.54, 1.807) is 0 Å². The number of carboxylic acids is 1. The van der Waals surface area contributed by atoms with Gasteiger partial charge in [-0.2, -0.15) is 0 Å². The molecule has 0 radical (unpaired) electrons. The topological polar surface area (TPSA) is 66.8 Å². The number of aliphatic carboxylic acids is 1. The van der Waals surface area contributed by atoms with E-state index in [4.69, 9.17) is 9.84 Å². The van der Waals surface area contributed by atoms with E-state index in [1.165, 1.54) is 0 Å². The van der Waals surface area contributed by atoms with E-state index < -0.39 is 18.2 Å². The molecule has 1 aliphatic carbocycles. The Hall–Kier alpha value is -1.98. The van der Waals surface area contributed by atoms with Gasteiger partial charge in [0.05, 0.1) is 12.7 Å². The van der Waals surface area contributed by atoms with Crippen molar-refractivity contribution in [2.24, 2.45) is 11.8 Å². The Morgan fingerprint density at radius 3 is 2.87 bits per heavy atom. The zero-order valence-corrected chi connectivity index (χ0v) is 18.6. The molecule has 5 heteroatoms. The summed E-state index contributed by atoms with van der Waals surface area (Å²) in [7, 11) is 0. The van der Waals surface area contributed by atoms with E-state index in [-0.39, 0.29) is 18.3 Å². The lowest BCUT2D eigenvalue weighted by molar-refractivity contribution is -0.137. The van der Waals surface area contributed by atoms with Gasteiger partial charge in [-0.15, -0.1) is 0 Å². The van der Waals surface area contributed by atoms with Crippen LogP contribution in [0.4, 0.5) is 4.39 Å². The maximum absolute atomic E-state index is 14.3. The van der Waals surface area contributed by atoms with Crippen molar-refractivity contribution in [3.63, 3.8) is 0 Å². The van der Waals surface area contributed by atoms with Crippen LogP contribution >= 0.6 is 0 Å². The van der Waals surface area contributed by atoms with Crippen molar-refractivity contribution < 1.29 is 24.1 Å². The van der Waals surface area contributed by atoms with Gasteiger partial charge in [0.2, 0.25) is 0 Å². The summed E-state index contributed by atoms with van der Waals surface area (Å²) in [5, 5.41) is 19.1. The molecule has 0 saturated heterocycles. The normalized spacial score (nSPS) is 22.5. The molecule has 4 atom stereocenters. The molecular weight excluding hydrogens is 395 g/mol. The molecule has 31 heavy (non-hydrogen) atoms. The van der Waals surface area contributed by atoms with Crippen LogP contribution in [0, 0.1) is 11.8 Å². The third-order valence-corrected chi connectivity index (χ3v) is 5.76. The van der Waals surface area contributed by atoms with Gasteiger partial charge in [0, 0.05) is 19.4 Å². The highest BCUT2D eigenvalue weighted by atomic mass is 19.1. The number of carboxylic acid groups (broad SMARTS) is 1. The number of benzene rings is 1. The quantitative estimate of drug-likeness (QED) is 0.295. The van der Waals surface area contributed by atoms with E-state index in [2.05, 4.69) is 13.0 Å². The summed E-state index contributed by atoms with van der Waals surface area (Å²) in [5.41, 5.74) is 2.17. The molecule has 2 rings (SSSR count). The number of hydrogen-bond acceptors (Lipinski definition) is 3. The third-order valence-electron chi connectivity index (χ3n) is 5.76. The van der Waals surface area contributed by atoms with Gasteiger partial charge in [0.1, 0.15) is 6.17 Å². The minimum atomic E-state index is -0.824. The van der Waals surface area contributed by atoms with Gasteiger partial charge >= 0.3 is 5.97 Å². The monoisotopic (exact) mass is 432 g/mol. The van der Waals surface area contributed by atoms with Gasteiger partial charge in [-0.3, -0.25) is 4.79 Å². The molecule has 0 amide bonds. The smallest absolute Gasteiger partial charge is 0.303 e. The molecule has 1 aromatic carbocycles. The summed E-state index contributed by atoms with van der Waals surface area (Å²) in [6.07, 6.45) is 11.3. The molecule has 2 N–H and O–H groups in total. The molecule has 1 saturated carbocycles. The van der Waals surface area contributed by atoms with Crippen LogP contribution in [0.1, 0.15) is 63.0 Å². The molecule has 0 aliphatic heterocycles. The Morgan fingerprint density at radius 2 is 2.10 bits per heavy atom. The zero-order valence-electron chi connectivity index (χ0n) is 18.6. The fourth-order valence-electron chi connectivity index (χ4n) is 4.11. The minimum absolute atomic E-state index is 0.0711. The van der Waals surface area contributed by atoms with Crippen LogP contribution in [0.3, 0.4) is 0 Å². The fourth-order valence-corrected chi connectivity index (χ4v) is 4.11. The second-order valence-corrected chi connectivity index (χ2v) is 8.44. The lowest BCUT2D eigenvalue weighted by Gasteiger charge is -2.17. The first kappa shape index (κ1) is 25.3. The predicted molar refractivity (Wildman–Crippen MR) is 122 cm³/mol. The van der Waals surface area contributed by atoms with Crippen molar-refractivity contribution in [2.45, 2.75) is 77.2 Å². The Labute approximate surface area is 185 Å². The number of carbonyl (C=O) groups is 1. The standard InChI is InChI=1S/C26H37FO4/c1-2-16-31-19-21-9-7-8-20(17-21)18-23(28)14-12-22-13-15-25(27)24(22)10-5-3-4-6-11-26(29)30/h3,5,7-9,12,14,17,22-25,28H,2,4,6,10-11,13,15-16,18-19H2,1H3,(H,29,30)/b5-3-,14-12+/t22?,23?,24-,25?/m1/s1. The summed E-state index contributed by atoms with van der Waals surface area (Å²) in [6, 6.07) is 8.09. The van der Waals surface area contributed by atoms with Crippen molar-refractivity contribution in [3.05, 3.63) is 59.7 Å². The molecular formula is C26H37FO4. The SMILES string of the molecule is CCCOCc1cccc(CC(O)/C=C/C2CCC(F)[C@@H]2C/C=C\CCCC(=O)O)c1. The number of ether oxygens (including phenoxy) is 1. The molecule has 1 fully saturated rings. The number of aliphatic hydroxyl groups is 1. The lowest BCUT2D eigenvalue weighted by Crippen LogP contribution is -2.15. The number of aliphatic hydroxyl groups excluding tert-OH is 1. The number of hydrogen-bond donors (Lipinski definition) is 2. The minimum Gasteiger partial charge on any atom is -0.481 e. The summed E-state index contributed by atoms with van der Waals surface area (Å²) in [5.74, 6) is -0.728. The molecule has 0 spiro atoms. The first-order valence-corrected chi connectivity index (χ1v) is 11.5. The van der Waals surface area contributed by atoms with Crippen molar-refractivity contribution in [1.29, 1.82) is 0 Å². The van der Waals surface area contributed by atoms with Crippen molar-refractivity contribution in [1.82, 2.24) is 0 Å². The summed E-state index contributed by atoms with van der Waals surface area (Å²) >= 11 is 0. The van der Waals surface area contributed by atoms with Crippen LogP contribution in [0.5, 0.6) is 0 Å². The van der Waals surface area contributed by atoms with E-state index in [1.807, 2.05) is 42.5 Å². The van der Waals surface area contributed by atoms with Gasteiger partial charge in [-0.1, -0.05) is 55.5 Å². The predicted octanol–water partition coefficient (Wildman–Crippen LogP) is 5.64. The fraction of sp³-hybridized carbons (Fsp3) is 0.577. The van der Waals surface area contributed by atoms with Crippen LogP contribution in [0.15, 0.2) is 48.6 Å². The number of alkyl halides is 1. The van der Waals surface area contributed by atoms with Gasteiger partial charge in [0.25, 0.3) is 0 Å². The molecule has 1 aliphatic rings. The first-order valence-electron chi connectivity index (χ1n) is 11.5. The van der Waals surface area contributed by atoms with Gasteiger partial charge in [0.15, 0.2) is 0 Å². The number of unbranched alkanes of at least 4 members (excludes halogenated alkanes) is 1. The van der Waals surface area contributed by atoms with Gasteiger partial charge < -0.3 is 14.9 Å². The second-order valence-electron chi connectivity index (χ2n) is 8.44. The zero-order chi connectivity index (χ0) is 22.5. The summed E-state index contributed by atoms with van der Waals surface area (Å²) in [6.45, 7) is 3.40. The Morgan fingerprint density at radius 1 is 1.29 bits per heavy atom. The summed E-state index contributed by atoms with van der Waals surface area (Å²) < 4.78 is 19.9. The highest BCUT2D eigenvalue weighted by molar-refractivity contribution is 5.66. The van der Waals surface area contributed by atoms with Gasteiger partial charge in [-0.05, 0) is 61.5 Å². The van der Waals surface area contributed by atoms with E-state index in [0.29, 0.717) is 38.7 Å². The number of allylic oxidation sites excluding steroid dienone is 3. The number of rotatable bonds is 14. The van der Waals surface area contributed by atoms with Crippen molar-refractivity contribution >= 4 is 5.97 Å².